The van der Waals surface area contributed by atoms with Gasteiger partial charge >= 0.3 is 0 Å². The van der Waals surface area contributed by atoms with Crippen molar-refractivity contribution in [3.05, 3.63) is 58.9 Å². The Morgan fingerprint density at radius 3 is 2.61 bits per heavy atom. The number of halogens is 1. The van der Waals surface area contributed by atoms with Gasteiger partial charge in [0.15, 0.2) is 0 Å². The zero-order valence-electron chi connectivity index (χ0n) is 16.0. The van der Waals surface area contributed by atoms with Crippen LogP contribution in [0.25, 0.3) is 0 Å². The van der Waals surface area contributed by atoms with Crippen molar-refractivity contribution >= 4 is 29.1 Å². The molecule has 146 valence electrons. The van der Waals surface area contributed by atoms with Gasteiger partial charge in [-0.25, -0.2) is 4.39 Å². The topological polar surface area (TPSA) is 78.5 Å². The minimum absolute atomic E-state index is 0.00728. The normalized spacial score (nSPS) is 16.2. The maximum absolute atomic E-state index is 14.2. The van der Waals surface area contributed by atoms with E-state index in [-0.39, 0.29) is 36.4 Å². The first-order valence-electron chi connectivity index (χ1n) is 9.01. The smallest absolute Gasteiger partial charge is 0.251 e. The highest BCUT2D eigenvalue weighted by atomic mass is 19.1. The van der Waals surface area contributed by atoms with Crippen LogP contribution in [0.4, 0.5) is 15.8 Å². The van der Waals surface area contributed by atoms with Gasteiger partial charge in [-0.1, -0.05) is 12.1 Å². The Hall–Kier alpha value is -3.22. The molecule has 3 amide bonds. The fourth-order valence-electron chi connectivity index (χ4n) is 3.33. The van der Waals surface area contributed by atoms with Crippen LogP contribution in [0.2, 0.25) is 0 Å². The highest BCUT2D eigenvalue weighted by molar-refractivity contribution is 6.04. The van der Waals surface area contributed by atoms with E-state index in [1.807, 2.05) is 0 Å². The molecule has 7 heteroatoms. The van der Waals surface area contributed by atoms with Crippen molar-refractivity contribution in [1.29, 1.82) is 0 Å². The van der Waals surface area contributed by atoms with Crippen molar-refractivity contribution in [2.75, 3.05) is 23.8 Å². The number of anilines is 2. The number of nitrogens with zero attached hydrogens (tertiary/aromatic N) is 1. The molecule has 1 atom stereocenters. The maximum atomic E-state index is 14.2. The lowest BCUT2D eigenvalue weighted by molar-refractivity contribution is -0.122. The third-order valence-corrected chi connectivity index (χ3v) is 4.95. The van der Waals surface area contributed by atoms with Crippen LogP contribution < -0.4 is 15.5 Å². The second kappa shape index (κ2) is 7.80. The average Bonchev–Trinajstić information content (AvgIpc) is 3.04. The molecule has 1 heterocycles. The molecule has 1 saturated heterocycles. The Morgan fingerprint density at radius 1 is 1.18 bits per heavy atom. The fraction of sp³-hybridized carbons (Fsp3) is 0.286. The predicted molar refractivity (Wildman–Crippen MR) is 105 cm³/mol. The minimum atomic E-state index is -0.601. The van der Waals surface area contributed by atoms with Crippen LogP contribution in [0.5, 0.6) is 0 Å². The number of hydrogen-bond donors (Lipinski definition) is 2. The average molecular weight is 383 g/mol. The number of aryl methyl sites for hydroxylation is 1. The molecule has 2 aromatic carbocycles. The molecule has 0 bridgehead atoms. The summed E-state index contributed by atoms with van der Waals surface area (Å²) in [5, 5.41) is 5.35. The van der Waals surface area contributed by atoms with Gasteiger partial charge in [0, 0.05) is 31.3 Å². The molecule has 3 rings (SSSR count). The number of nitrogens with one attached hydrogen (secondary N) is 2. The van der Waals surface area contributed by atoms with Crippen molar-refractivity contribution in [3.63, 3.8) is 0 Å². The molecule has 0 aromatic heterocycles. The second-order valence-electron chi connectivity index (χ2n) is 6.91. The zero-order chi connectivity index (χ0) is 20.4. The summed E-state index contributed by atoms with van der Waals surface area (Å²) < 4.78 is 14.2. The molecule has 0 aliphatic carbocycles. The minimum Gasteiger partial charge on any atom is -0.355 e. The molecular formula is C21H22FN3O3. The van der Waals surface area contributed by atoms with E-state index in [1.54, 1.807) is 44.2 Å². The predicted octanol–water partition coefficient (Wildman–Crippen LogP) is 2.79. The van der Waals surface area contributed by atoms with Gasteiger partial charge in [0.1, 0.15) is 5.82 Å². The number of benzene rings is 2. The molecular weight excluding hydrogens is 361 g/mol. The SMILES string of the molecule is CNC(=O)c1cccc(NC(=O)C2CC(=O)N(c3ccc(C)cc3F)C2)c1C. The summed E-state index contributed by atoms with van der Waals surface area (Å²) in [6.07, 6.45) is 0.00728. The van der Waals surface area contributed by atoms with Crippen molar-refractivity contribution in [2.45, 2.75) is 20.3 Å². The summed E-state index contributed by atoms with van der Waals surface area (Å²) in [5.41, 5.74) is 2.56. The van der Waals surface area contributed by atoms with Gasteiger partial charge in [-0.3, -0.25) is 14.4 Å². The lowest BCUT2D eigenvalue weighted by Crippen LogP contribution is -2.29. The summed E-state index contributed by atoms with van der Waals surface area (Å²) in [6, 6.07) is 9.70. The molecule has 6 nitrogen and oxygen atoms in total. The Morgan fingerprint density at radius 2 is 1.93 bits per heavy atom. The van der Waals surface area contributed by atoms with Gasteiger partial charge in [0.05, 0.1) is 11.6 Å². The molecule has 28 heavy (non-hydrogen) atoms. The van der Waals surface area contributed by atoms with Crippen molar-refractivity contribution in [3.8, 4) is 0 Å². The summed E-state index contributed by atoms with van der Waals surface area (Å²) >= 11 is 0. The van der Waals surface area contributed by atoms with Crippen molar-refractivity contribution in [1.82, 2.24) is 5.32 Å². The third kappa shape index (κ3) is 3.74. The van der Waals surface area contributed by atoms with Crippen LogP contribution in [0.15, 0.2) is 36.4 Å². The summed E-state index contributed by atoms with van der Waals surface area (Å²) in [7, 11) is 1.54. The van der Waals surface area contributed by atoms with Gasteiger partial charge in [-0.2, -0.15) is 0 Å². The molecule has 0 radical (unpaired) electrons. The fourth-order valence-corrected chi connectivity index (χ4v) is 3.33. The quantitative estimate of drug-likeness (QED) is 0.852. The van der Waals surface area contributed by atoms with E-state index in [0.717, 1.165) is 5.56 Å². The van der Waals surface area contributed by atoms with E-state index < -0.39 is 11.7 Å². The molecule has 2 aromatic rings. The summed E-state index contributed by atoms with van der Waals surface area (Å²) in [4.78, 5) is 38.3. The molecule has 0 spiro atoms. The molecule has 2 N–H and O–H groups in total. The Kier molecular flexibility index (Phi) is 5.44. The molecule has 1 unspecified atom stereocenters. The lowest BCUT2D eigenvalue weighted by atomic mass is 10.0. The third-order valence-electron chi connectivity index (χ3n) is 4.95. The first-order valence-corrected chi connectivity index (χ1v) is 9.01. The second-order valence-corrected chi connectivity index (χ2v) is 6.91. The van der Waals surface area contributed by atoms with Crippen LogP contribution >= 0.6 is 0 Å². The van der Waals surface area contributed by atoms with Gasteiger partial charge in [-0.05, 0) is 49.2 Å². The van der Waals surface area contributed by atoms with Crippen LogP contribution in [0.3, 0.4) is 0 Å². The number of hydrogen-bond acceptors (Lipinski definition) is 3. The van der Waals surface area contributed by atoms with Crippen LogP contribution in [-0.2, 0) is 9.59 Å². The number of carbonyl (C=O) groups excluding carboxylic acids is 3. The van der Waals surface area contributed by atoms with Crippen molar-refractivity contribution < 1.29 is 18.8 Å². The van der Waals surface area contributed by atoms with Gasteiger partial charge < -0.3 is 15.5 Å². The van der Waals surface area contributed by atoms with Gasteiger partial charge in [-0.15, -0.1) is 0 Å². The Labute approximate surface area is 162 Å². The molecule has 1 aliphatic rings. The van der Waals surface area contributed by atoms with Crippen LogP contribution in [0.1, 0.15) is 27.9 Å². The zero-order valence-corrected chi connectivity index (χ0v) is 16.0. The van der Waals surface area contributed by atoms with E-state index in [9.17, 15) is 18.8 Å². The van der Waals surface area contributed by atoms with E-state index >= 15 is 0 Å². The maximum Gasteiger partial charge on any atom is 0.251 e. The molecule has 1 fully saturated rings. The highest BCUT2D eigenvalue weighted by Gasteiger charge is 2.36. The van der Waals surface area contributed by atoms with Crippen LogP contribution in [0, 0.1) is 25.6 Å². The van der Waals surface area contributed by atoms with E-state index in [4.69, 9.17) is 0 Å². The number of carbonyl (C=O) groups is 3. The first kappa shape index (κ1) is 19.5. The van der Waals surface area contributed by atoms with Crippen LogP contribution in [-0.4, -0.2) is 31.3 Å². The number of amides is 3. The Balaban J connectivity index is 1.76. The monoisotopic (exact) mass is 383 g/mol. The van der Waals surface area contributed by atoms with E-state index in [0.29, 0.717) is 16.8 Å². The Bertz CT molecular complexity index is 958. The summed E-state index contributed by atoms with van der Waals surface area (Å²) in [6.45, 7) is 3.62. The van der Waals surface area contributed by atoms with Crippen molar-refractivity contribution in [2.24, 2.45) is 5.92 Å². The standard InChI is InChI=1S/C21H22FN3O3/c1-12-7-8-18(16(22)9-12)25-11-14(10-19(25)26)20(27)24-17-6-4-5-15(13(17)2)21(28)23-3/h4-9,14H,10-11H2,1-3H3,(H,23,28)(H,24,27). The number of rotatable bonds is 4. The highest BCUT2D eigenvalue weighted by Crippen LogP contribution is 2.29. The van der Waals surface area contributed by atoms with E-state index in [2.05, 4.69) is 10.6 Å². The van der Waals surface area contributed by atoms with Gasteiger partial charge in [0.25, 0.3) is 5.91 Å². The largest absolute Gasteiger partial charge is 0.355 e. The first-order chi connectivity index (χ1) is 13.3. The lowest BCUT2D eigenvalue weighted by Gasteiger charge is -2.18. The molecule has 0 saturated carbocycles. The van der Waals surface area contributed by atoms with Gasteiger partial charge in [0.2, 0.25) is 11.8 Å². The molecule has 1 aliphatic heterocycles. The summed E-state index contributed by atoms with van der Waals surface area (Å²) in [5.74, 6) is -1.95. The van der Waals surface area contributed by atoms with E-state index in [1.165, 1.54) is 18.0 Å².